The molecule has 5 heavy (non-hydrogen) atoms. The van der Waals surface area contributed by atoms with Crippen molar-refractivity contribution in [2.45, 2.75) is 0 Å². The van der Waals surface area contributed by atoms with Crippen LogP contribution in [0.4, 0.5) is 3.89 Å². The van der Waals surface area contributed by atoms with Gasteiger partial charge in [0.05, 0.1) is 11.1 Å². The molecule has 0 heterocycles. The molecule has 0 aliphatic heterocycles. The fourth-order valence-electron chi connectivity index (χ4n) is 0. The molecule has 0 aromatic carbocycles. The summed E-state index contributed by atoms with van der Waals surface area (Å²) < 4.78 is 26.6. The fraction of sp³-hybridized carbons (Fsp3) is 0. The van der Waals surface area contributed by atoms with Crippen LogP contribution in [0.5, 0.6) is 0 Å². The van der Waals surface area contributed by atoms with Crippen molar-refractivity contribution in [1.29, 1.82) is 0 Å². The molecule has 0 aliphatic rings. The monoisotopic (exact) mass is 90.0 g/mol. The van der Waals surface area contributed by atoms with Crippen LogP contribution in [-0.2, 0) is 19.5 Å². The van der Waals surface area contributed by atoms with E-state index in [2.05, 4.69) is 0 Å². The molecule has 5 heteroatoms. The summed E-state index contributed by atoms with van der Waals surface area (Å²) >= 11 is -3.36. The SMILES string of the molecule is O=[S-](=O)F.[Li+]. The summed E-state index contributed by atoms with van der Waals surface area (Å²) in [6.45, 7) is 0. The topological polar surface area (TPSA) is 34.1 Å². The first-order valence-corrected chi connectivity index (χ1v) is 1.46. The van der Waals surface area contributed by atoms with Gasteiger partial charge in [-0.2, -0.15) is 0 Å². The molecule has 0 radical (unpaired) electrons. The summed E-state index contributed by atoms with van der Waals surface area (Å²) in [6, 6.07) is 0. The van der Waals surface area contributed by atoms with E-state index in [1.165, 1.54) is 0 Å². The molecular weight excluding hydrogens is 90.0 g/mol. The Balaban J connectivity index is 0. The van der Waals surface area contributed by atoms with Crippen LogP contribution in [0.2, 0.25) is 0 Å². The van der Waals surface area contributed by atoms with E-state index in [1.54, 1.807) is 0 Å². The van der Waals surface area contributed by atoms with Gasteiger partial charge in [0.2, 0.25) is 0 Å². The summed E-state index contributed by atoms with van der Waals surface area (Å²) in [5, 5.41) is 0. The van der Waals surface area contributed by atoms with Gasteiger partial charge < -0.3 is 12.3 Å². The quantitative estimate of drug-likeness (QED) is 0.183. The molecule has 0 spiro atoms. The summed E-state index contributed by atoms with van der Waals surface area (Å²) in [7, 11) is 0. The summed E-state index contributed by atoms with van der Waals surface area (Å²) in [5.74, 6) is 0. The third-order valence-corrected chi connectivity index (χ3v) is 0. The summed E-state index contributed by atoms with van der Waals surface area (Å²) in [4.78, 5) is 0. The van der Waals surface area contributed by atoms with Gasteiger partial charge in [-0.15, -0.1) is 0 Å². The van der Waals surface area contributed by atoms with Gasteiger partial charge in [-0.25, -0.2) is 0 Å². The summed E-state index contributed by atoms with van der Waals surface area (Å²) in [5.41, 5.74) is 0. The molecule has 2 nitrogen and oxygen atoms in total. The van der Waals surface area contributed by atoms with E-state index >= 15 is 0 Å². The average Bonchev–Trinajstić information content (AvgIpc) is 0.811. The second kappa shape index (κ2) is 4.48. The number of rotatable bonds is 0. The maximum Gasteiger partial charge on any atom is 1.00 e. The second-order valence-corrected chi connectivity index (χ2v) is 0.582. The third-order valence-electron chi connectivity index (χ3n) is 0. The average molecular weight is 90.0 g/mol. The Labute approximate surface area is 42.8 Å². The molecule has 0 atom stereocenters. The smallest absolute Gasteiger partial charge is 0.392 e. The largest absolute Gasteiger partial charge is 1.00 e. The molecule has 26 valence electrons. The van der Waals surface area contributed by atoms with Crippen molar-refractivity contribution in [2.24, 2.45) is 0 Å². The van der Waals surface area contributed by atoms with Gasteiger partial charge in [-0.3, -0.25) is 0 Å². The molecule has 0 rings (SSSR count). The zero-order valence-electron chi connectivity index (χ0n) is 2.60. The van der Waals surface area contributed by atoms with Crippen LogP contribution in [0.1, 0.15) is 0 Å². The first-order valence-electron chi connectivity index (χ1n) is 0.488. The number of hydrogen-bond donors (Lipinski definition) is 0. The van der Waals surface area contributed by atoms with Crippen LogP contribution < -0.4 is 18.9 Å². The van der Waals surface area contributed by atoms with Crippen LogP contribution in [0, 0.1) is 0 Å². The van der Waals surface area contributed by atoms with Crippen molar-refractivity contribution in [3.63, 3.8) is 0 Å². The van der Waals surface area contributed by atoms with Gasteiger partial charge in [0, 0.05) is 0 Å². The number of hydrogen-bond acceptors (Lipinski definition) is 3. The minimum absolute atomic E-state index is 0. The molecular formula is FLiO2S. The van der Waals surface area contributed by atoms with E-state index in [1.807, 2.05) is 0 Å². The normalized spacial score (nSPS) is 6.80. The van der Waals surface area contributed by atoms with Crippen molar-refractivity contribution in [3.05, 3.63) is 0 Å². The van der Waals surface area contributed by atoms with Gasteiger partial charge in [0.25, 0.3) is 0 Å². The van der Waals surface area contributed by atoms with Gasteiger partial charge >= 0.3 is 18.9 Å². The minimum atomic E-state index is -3.36. The van der Waals surface area contributed by atoms with Crippen molar-refractivity contribution in [3.8, 4) is 0 Å². The van der Waals surface area contributed by atoms with E-state index in [0.717, 1.165) is 0 Å². The van der Waals surface area contributed by atoms with E-state index < -0.39 is 11.1 Å². The minimum Gasteiger partial charge on any atom is -0.392 e. The second-order valence-electron chi connectivity index (χ2n) is 0.194. The standard InChI is InChI=1S/FO2S.Li/c1-4(2)3;/q-1;+1. The first kappa shape index (κ1) is 9.08. The van der Waals surface area contributed by atoms with E-state index in [0.29, 0.717) is 0 Å². The van der Waals surface area contributed by atoms with Crippen molar-refractivity contribution in [2.75, 3.05) is 0 Å². The van der Waals surface area contributed by atoms with Crippen molar-refractivity contribution >= 4 is 11.1 Å². The molecule has 0 aliphatic carbocycles. The Morgan fingerprint density at radius 2 is 1.40 bits per heavy atom. The molecule has 0 amide bonds. The predicted molar refractivity (Wildman–Crippen MR) is 9.85 cm³/mol. The van der Waals surface area contributed by atoms with Gasteiger partial charge in [0.15, 0.2) is 0 Å². The molecule has 0 unspecified atom stereocenters. The van der Waals surface area contributed by atoms with Crippen molar-refractivity contribution in [1.82, 2.24) is 0 Å². The molecule has 0 bridgehead atoms. The predicted octanol–water partition coefficient (Wildman–Crippen LogP) is -2.82. The maximum absolute atomic E-state index is 9.92. The zero-order chi connectivity index (χ0) is 3.58. The first-order chi connectivity index (χ1) is 1.73. The third kappa shape index (κ3) is 121. The van der Waals surface area contributed by atoms with E-state index in [-0.39, 0.29) is 18.9 Å². The molecule has 0 aromatic rings. The Kier molecular flexibility index (Phi) is 8.13. The Bertz CT molecular complexity index is 58.0. The van der Waals surface area contributed by atoms with Gasteiger partial charge in [0.1, 0.15) is 0 Å². The molecule has 0 fully saturated rings. The summed E-state index contributed by atoms with van der Waals surface area (Å²) in [6.07, 6.45) is 0. The Morgan fingerprint density at radius 1 is 1.40 bits per heavy atom. The van der Waals surface area contributed by atoms with Crippen LogP contribution in [0.3, 0.4) is 0 Å². The maximum atomic E-state index is 9.92. The van der Waals surface area contributed by atoms with Crippen LogP contribution in [0.15, 0.2) is 0 Å². The van der Waals surface area contributed by atoms with E-state index in [4.69, 9.17) is 8.42 Å². The Morgan fingerprint density at radius 3 is 1.40 bits per heavy atom. The van der Waals surface area contributed by atoms with Gasteiger partial charge in [-0.1, -0.05) is 0 Å². The van der Waals surface area contributed by atoms with Gasteiger partial charge in [-0.05, 0) is 0 Å². The molecule has 0 saturated carbocycles. The van der Waals surface area contributed by atoms with Crippen LogP contribution >= 0.6 is 0 Å². The van der Waals surface area contributed by atoms with E-state index in [9.17, 15) is 3.89 Å². The molecule has 0 N–H and O–H groups in total. The van der Waals surface area contributed by atoms with Crippen LogP contribution in [0.25, 0.3) is 0 Å². The molecule has 0 saturated heterocycles. The van der Waals surface area contributed by atoms with Crippen LogP contribution in [-0.4, -0.2) is 0 Å². The van der Waals surface area contributed by atoms with Crippen molar-refractivity contribution < 1.29 is 31.2 Å². The Hall–Kier alpha value is 0.477. The zero-order valence-corrected chi connectivity index (χ0v) is 3.42. The fourth-order valence-corrected chi connectivity index (χ4v) is 0. The molecule has 0 aromatic heterocycles. The number of halogens is 1.